The van der Waals surface area contributed by atoms with Crippen molar-refractivity contribution in [1.29, 1.82) is 0 Å². The van der Waals surface area contributed by atoms with Crippen LogP contribution in [0.2, 0.25) is 5.02 Å². The van der Waals surface area contributed by atoms with Gasteiger partial charge in [-0.1, -0.05) is 48.0 Å². The SMILES string of the molecule is O=C(Nc1cccc(S(=O)(=O)Nc2ccccc2Cl)c1)c1cc2ccccc2oc1=O. The zero-order chi connectivity index (χ0) is 22.0. The second kappa shape index (κ2) is 8.25. The molecule has 1 heterocycles. The fourth-order valence-electron chi connectivity index (χ4n) is 2.91. The highest BCUT2D eigenvalue weighted by Crippen LogP contribution is 2.25. The van der Waals surface area contributed by atoms with Crippen LogP contribution >= 0.6 is 11.6 Å². The lowest BCUT2D eigenvalue weighted by atomic mass is 10.1. The summed E-state index contributed by atoms with van der Waals surface area (Å²) in [6, 6.07) is 20.3. The molecule has 0 radical (unpaired) electrons. The minimum Gasteiger partial charge on any atom is -0.422 e. The third-order valence-corrected chi connectivity index (χ3v) is 6.10. The van der Waals surface area contributed by atoms with Crippen molar-refractivity contribution in [2.75, 3.05) is 10.0 Å². The number of anilines is 2. The van der Waals surface area contributed by atoms with Crippen LogP contribution in [0, 0.1) is 0 Å². The Kier molecular flexibility index (Phi) is 5.50. The summed E-state index contributed by atoms with van der Waals surface area (Å²) in [6.07, 6.45) is 0. The van der Waals surface area contributed by atoms with Gasteiger partial charge in [-0.3, -0.25) is 9.52 Å². The van der Waals surface area contributed by atoms with Gasteiger partial charge in [-0.05, 0) is 42.5 Å². The van der Waals surface area contributed by atoms with E-state index in [2.05, 4.69) is 10.0 Å². The fraction of sp³-hybridized carbons (Fsp3) is 0. The Labute approximate surface area is 182 Å². The highest BCUT2D eigenvalue weighted by Gasteiger charge is 2.18. The van der Waals surface area contributed by atoms with Crippen molar-refractivity contribution in [2.45, 2.75) is 4.90 Å². The van der Waals surface area contributed by atoms with Crippen molar-refractivity contribution in [3.63, 3.8) is 0 Å². The van der Waals surface area contributed by atoms with E-state index < -0.39 is 21.6 Å². The van der Waals surface area contributed by atoms with Crippen LogP contribution in [0.4, 0.5) is 11.4 Å². The fourth-order valence-corrected chi connectivity index (χ4v) is 4.27. The minimum atomic E-state index is -3.96. The molecule has 0 bridgehead atoms. The summed E-state index contributed by atoms with van der Waals surface area (Å²) in [5.41, 5.74) is -0.198. The number of rotatable bonds is 5. The summed E-state index contributed by atoms with van der Waals surface area (Å²) < 4.78 is 33.0. The molecule has 0 aliphatic carbocycles. The van der Waals surface area contributed by atoms with Crippen LogP contribution in [0.15, 0.2) is 93.0 Å². The number of hydrogen-bond donors (Lipinski definition) is 2. The van der Waals surface area contributed by atoms with Crippen LogP contribution in [-0.2, 0) is 10.0 Å². The molecule has 0 fully saturated rings. The van der Waals surface area contributed by atoms with Gasteiger partial charge in [0.05, 0.1) is 15.6 Å². The van der Waals surface area contributed by atoms with Crippen LogP contribution in [0.3, 0.4) is 0 Å². The number of hydrogen-bond acceptors (Lipinski definition) is 5. The average molecular weight is 455 g/mol. The summed E-state index contributed by atoms with van der Waals surface area (Å²) in [4.78, 5) is 24.7. The first-order valence-electron chi connectivity index (χ1n) is 9.05. The Hall–Kier alpha value is -3.62. The second-order valence-electron chi connectivity index (χ2n) is 6.55. The summed E-state index contributed by atoms with van der Waals surface area (Å²) in [5, 5.41) is 3.37. The van der Waals surface area contributed by atoms with Crippen molar-refractivity contribution in [3.8, 4) is 0 Å². The van der Waals surface area contributed by atoms with Crippen LogP contribution in [0.5, 0.6) is 0 Å². The summed E-state index contributed by atoms with van der Waals surface area (Å²) >= 11 is 6.02. The molecule has 0 atom stereocenters. The summed E-state index contributed by atoms with van der Waals surface area (Å²) in [6.45, 7) is 0. The van der Waals surface area contributed by atoms with Gasteiger partial charge >= 0.3 is 5.63 Å². The first-order valence-corrected chi connectivity index (χ1v) is 10.9. The van der Waals surface area contributed by atoms with Gasteiger partial charge in [0.25, 0.3) is 15.9 Å². The molecule has 0 saturated heterocycles. The maximum atomic E-state index is 12.7. The topological polar surface area (TPSA) is 105 Å². The van der Waals surface area contributed by atoms with Crippen LogP contribution in [0.1, 0.15) is 10.4 Å². The first-order chi connectivity index (χ1) is 14.8. The van der Waals surface area contributed by atoms with Gasteiger partial charge in [-0.25, -0.2) is 13.2 Å². The number of amides is 1. The second-order valence-corrected chi connectivity index (χ2v) is 8.64. The maximum Gasteiger partial charge on any atom is 0.349 e. The molecule has 1 amide bonds. The van der Waals surface area contributed by atoms with Gasteiger partial charge in [0, 0.05) is 11.1 Å². The lowest BCUT2D eigenvalue weighted by Crippen LogP contribution is -2.21. The Morgan fingerprint density at radius 1 is 0.903 bits per heavy atom. The molecule has 7 nitrogen and oxygen atoms in total. The van der Waals surface area contributed by atoms with E-state index in [4.69, 9.17) is 16.0 Å². The van der Waals surface area contributed by atoms with Gasteiger partial charge in [0.2, 0.25) is 0 Å². The highest BCUT2D eigenvalue weighted by atomic mass is 35.5. The van der Waals surface area contributed by atoms with Gasteiger partial charge in [-0.15, -0.1) is 0 Å². The number of benzene rings is 3. The van der Waals surface area contributed by atoms with E-state index >= 15 is 0 Å². The molecule has 4 rings (SSSR count). The third kappa shape index (κ3) is 4.45. The number of fused-ring (bicyclic) bond motifs is 1. The monoisotopic (exact) mass is 454 g/mol. The number of carbonyl (C=O) groups excluding carboxylic acids is 1. The van der Waals surface area contributed by atoms with Crippen molar-refractivity contribution in [2.24, 2.45) is 0 Å². The molecule has 3 aromatic carbocycles. The number of sulfonamides is 1. The quantitative estimate of drug-likeness (QED) is 0.432. The van der Waals surface area contributed by atoms with Crippen molar-refractivity contribution >= 4 is 49.9 Å². The molecule has 31 heavy (non-hydrogen) atoms. The molecule has 1 aromatic heterocycles. The van der Waals surface area contributed by atoms with Gasteiger partial charge < -0.3 is 9.73 Å². The molecule has 0 aliphatic heterocycles. The molecule has 0 saturated carbocycles. The first kappa shape index (κ1) is 20.6. The summed E-state index contributed by atoms with van der Waals surface area (Å²) in [5.74, 6) is -0.715. The average Bonchev–Trinajstić information content (AvgIpc) is 2.75. The molecule has 0 aliphatic rings. The molecule has 0 spiro atoms. The van der Waals surface area contributed by atoms with E-state index in [1.54, 1.807) is 42.5 Å². The molecule has 0 unspecified atom stereocenters. The van der Waals surface area contributed by atoms with Crippen LogP contribution in [-0.4, -0.2) is 14.3 Å². The number of nitrogens with one attached hydrogen (secondary N) is 2. The Bertz CT molecular complexity index is 1460. The lowest BCUT2D eigenvalue weighted by molar-refractivity contribution is 0.102. The Morgan fingerprint density at radius 2 is 1.65 bits per heavy atom. The summed E-state index contributed by atoms with van der Waals surface area (Å²) in [7, 11) is -3.96. The van der Waals surface area contributed by atoms with E-state index in [1.807, 2.05) is 0 Å². The van der Waals surface area contributed by atoms with E-state index in [0.717, 1.165) is 0 Å². The molecular weight excluding hydrogens is 440 g/mol. The van der Waals surface area contributed by atoms with Gasteiger partial charge in [0.1, 0.15) is 11.1 Å². The van der Waals surface area contributed by atoms with E-state index in [9.17, 15) is 18.0 Å². The van der Waals surface area contributed by atoms with Crippen LogP contribution < -0.4 is 15.7 Å². The van der Waals surface area contributed by atoms with Crippen molar-refractivity contribution in [3.05, 3.63) is 99.9 Å². The van der Waals surface area contributed by atoms with Gasteiger partial charge in [-0.2, -0.15) is 0 Å². The lowest BCUT2D eigenvalue weighted by Gasteiger charge is -2.11. The van der Waals surface area contributed by atoms with Crippen LogP contribution in [0.25, 0.3) is 11.0 Å². The van der Waals surface area contributed by atoms with Crippen molar-refractivity contribution in [1.82, 2.24) is 0 Å². The third-order valence-electron chi connectivity index (χ3n) is 4.41. The van der Waals surface area contributed by atoms with E-state index in [1.165, 1.54) is 36.4 Å². The predicted molar refractivity (Wildman–Crippen MR) is 119 cm³/mol. The predicted octanol–water partition coefficient (Wildman–Crippen LogP) is 4.50. The Morgan fingerprint density at radius 3 is 2.45 bits per heavy atom. The molecular formula is C22H15ClN2O5S. The number of halogens is 1. The molecule has 9 heteroatoms. The van der Waals surface area contributed by atoms with E-state index in [-0.39, 0.29) is 26.9 Å². The minimum absolute atomic E-state index is 0.0873. The highest BCUT2D eigenvalue weighted by molar-refractivity contribution is 7.92. The normalized spacial score (nSPS) is 11.3. The molecule has 156 valence electrons. The molecule has 2 N–H and O–H groups in total. The smallest absolute Gasteiger partial charge is 0.349 e. The zero-order valence-electron chi connectivity index (χ0n) is 15.8. The largest absolute Gasteiger partial charge is 0.422 e. The number of para-hydroxylation sites is 2. The number of carbonyl (C=O) groups is 1. The van der Waals surface area contributed by atoms with Crippen molar-refractivity contribution < 1.29 is 17.6 Å². The zero-order valence-corrected chi connectivity index (χ0v) is 17.4. The standard InChI is InChI=1S/C22H15ClN2O5S/c23-18-9-2-3-10-19(18)25-31(28,29)16-8-5-7-15(13-16)24-21(26)17-12-14-6-1-4-11-20(14)30-22(17)27/h1-13,25H,(H,24,26). The van der Waals surface area contributed by atoms with Gasteiger partial charge in [0.15, 0.2) is 0 Å². The van der Waals surface area contributed by atoms with E-state index in [0.29, 0.717) is 11.0 Å². The maximum absolute atomic E-state index is 12.7. The molecule has 4 aromatic rings. The Balaban J connectivity index is 1.60.